The molecular formula is C29H37N5O6. The number of hydrogen-bond acceptors (Lipinski definition) is 8. The second-order valence-electron chi connectivity index (χ2n) is 11.5. The van der Waals surface area contributed by atoms with Crippen LogP contribution in [-0.2, 0) is 30.5 Å². The van der Waals surface area contributed by atoms with E-state index in [1.165, 1.54) is 11.0 Å². The van der Waals surface area contributed by atoms with Gasteiger partial charge in [0.2, 0.25) is 11.8 Å². The summed E-state index contributed by atoms with van der Waals surface area (Å²) in [6.07, 6.45) is 4.00. The number of aliphatic hydroxyl groups is 1. The van der Waals surface area contributed by atoms with Crippen LogP contribution in [0.5, 0.6) is 0 Å². The lowest BCUT2D eigenvalue weighted by Crippen LogP contribution is -2.59. The van der Waals surface area contributed by atoms with Crippen molar-refractivity contribution in [3.63, 3.8) is 0 Å². The first kappa shape index (κ1) is 28.0. The number of ether oxygens (including phenoxy) is 2. The lowest BCUT2D eigenvalue weighted by Gasteiger charge is -2.40. The van der Waals surface area contributed by atoms with Gasteiger partial charge in [0.15, 0.2) is 0 Å². The van der Waals surface area contributed by atoms with Gasteiger partial charge in [0.25, 0.3) is 0 Å². The van der Waals surface area contributed by atoms with Crippen LogP contribution in [0.3, 0.4) is 0 Å². The van der Waals surface area contributed by atoms with E-state index in [1.54, 1.807) is 15.7 Å². The Bertz CT molecular complexity index is 1340. The maximum Gasteiger partial charge on any atom is 0.313 e. The van der Waals surface area contributed by atoms with Gasteiger partial charge in [-0.1, -0.05) is 49.9 Å². The molecule has 3 aliphatic heterocycles. The third-order valence-electron chi connectivity index (χ3n) is 8.75. The number of carbonyl (C=O) groups excluding carboxylic acids is 3. The van der Waals surface area contributed by atoms with Crippen molar-refractivity contribution in [1.29, 1.82) is 0 Å². The van der Waals surface area contributed by atoms with E-state index in [9.17, 15) is 19.5 Å². The molecule has 3 fully saturated rings. The third-order valence-corrected chi connectivity index (χ3v) is 8.75. The Hall–Kier alpha value is -3.57. The highest BCUT2D eigenvalue weighted by molar-refractivity contribution is 5.98. The van der Waals surface area contributed by atoms with Crippen molar-refractivity contribution in [2.45, 2.75) is 63.6 Å². The topological polar surface area (TPSA) is 127 Å². The quantitative estimate of drug-likeness (QED) is 0.332. The van der Waals surface area contributed by atoms with Gasteiger partial charge >= 0.3 is 5.97 Å². The zero-order valence-electron chi connectivity index (χ0n) is 23.2. The number of esters is 1. The summed E-state index contributed by atoms with van der Waals surface area (Å²) in [4.78, 5) is 45.2. The standard InChI is InChI=1S/C29H37N5O6/c1-6-14-32(17-33-20-11-9-8-10-19(20)30-31-33)26(37)24-29-13-12-28(5,40-29)23(27(38)39-15-7-2)22(29)25(36)34(24)21(16-35)18(3)4/h6-11,18,21-24,35H,1-2,12-17H2,3-5H3/t21-,22-,23-,24?,28+,29?/m0/s1. The van der Waals surface area contributed by atoms with Crippen LogP contribution in [0.1, 0.15) is 33.6 Å². The summed E-state index contributed by atoms with van der Waals surface area (Å²) in [5.74, 6) is -3.24. The van der Waals surface area contributed by atoms with Crippen LogP contribution in [0.25, 0.3) is 11.0 Å². The minimum atomic E-state index is -1.24. The molecule has 2 unspecified atom stereocenters. The average Bonchev–Trinajstić information content (AvgIpc) is 3.63. The van der Waals surface area contributed by atoms with Crippen LogP contribution < -0.4 is 0 Å². The molecule has 11 heteroatoms. The van der Waals surface area contributed by atoms with Crippen molar-refractivity contribution < 1.29 is 29.0 Å². The monoisotopic (exact) mass is 551 g/mol. The van der Waals surface area contributed by atoms with E-state index in [0.29, 0.717) is 18.4 Å². The second-order valence-corrected chi connectivity index (χ2v) is 11.5. The number of amides is 2. The summed E-state index contributed by atoms with van der Waals surface area (Å²) < 4.78 is 13.7. The predicted octanol–water partition coefficient (Wildman–Crippen LogP) is 1.91. The number of fused-ring (bicyclic) bond motifs is 2. The van der Waals surface area contributed by atoms with E-state index in [1.807, 2.05) is 45.0 Å². The van der Waals surface area contributed by atoms with E-state index in [-0.39, 0.29) is 44.2 Å². The van der Waals surface area contributed by atoms with E-state index in [0.717, 1.165) is 5.52 Å². The summed E-state index contributed by atoms with van der Waals surface area (Å²) in [6.45, 7) is 13.0. The van der Waals surface area contributed by atoms with E-state index < -0.39 is 41.1 Å². The van der Waals surface area contributed by atoms with Gasteiger partial charge in [-0.15, -0.1) is 11.7 Å². The number of aliphatic hydroxyl groups excluding tert-OH is 1. The molecule has 0 saturated carbocycles. The molecule has 2 bridgehead atoms. The number of benzene rings is 1. The smallest absolute Gasteiger partial charge is 0.313 e. The van der Waals surface area contributed by atoms with Gasteiger partial charge in [-0.2, -0.15) is 0 Å². The molecular weight excluding hydrogens is 514 g/mol. The molecule has 3 aliphatic rings. The zero-order valence-corrected chi connectivity index (χ0v) is 23.2. The molecule has 0 aliphatic carbocycles. The van der Waals surface area contributed by atoms with Gasteiger partial charge in [0.05, 0.1) is 29.7 Å². The second kappa shape index (κ2) is 10.4. The van der Waals surface area contributed by atoms with Crippen molar-refractivity contribution >= 4 is 28.8 Å². The Morgan fingerprint density at radius 1 is 1.27 bits per heavy atom. The first-order valence-electron chi connectivity index (χ1n) is 13.7. The maximum atomic E-state index is 14.6. The van der Waals surface area contributed by atoms with E-state index >= 15 is 0 Å². The van der Waals surface area contributed by atoms with Crippen molar-refractivity contribution in [2.24, 2.45) is 17.8 Å². The maximum absolute atomic E-state index is 14.6. The third kappa shape index (κ3) is 4.14. The molecule has 1 aromatic carbocycles. The fourth-order valence-corrected chi connectivity index (χ4v) is 6.94. The van der Waals surface area contributed by atoms with Crippen LogP contribution in [-0.4, -0.2) is 90.7 Å². The summed E-state index contributed by atoms with van der Waals surface area (Å²) in [7, 11) is 0. The lowest BCUT2D eigenvalue weighted by atomic mass is 9.66. The van der Waals surface area contributed by atoms with Crippen LogP contribution in [0.15, 0.2) is 49.6 Å². The number of carbonyl (C=O) groups is 3. The fraction of sp³-hybridized carbons (Fsp3) is 0.552. The van der Waals surface area contributed by atoms with Gasteiger partial charge < -0.3 is 24.4 Å². The number of para-hydroxylation sites is 1. The van der Waals surface area contributed by atoms with Crippen molar-refractivity contribution in [3.05, 3.63) is 49.6 Å². The zero-order chi connectivity index (χ0) is 28.8. The van der Waals surface area contributed by atoms with Gasteiger partial charge in [-0.25, -0.2) is 4.68 Å². The summed E-state index contributed by atoms with van der Waals surface area (Å²) in [5, 5.41) is 18.9. The highest BCUT2D eigenvalue weighted by atomic mass is 16.6. The highest BCUT2D eigenvalue weighted by Gasteiger charge is 2.79. The Labute approximate surface area is 233 Å². The normalized spacial score (nSPS) is 29.6. The summed E-state index contributed by atoms with van der Waals surface area (Å²) >= 11 is 0. The van der Waals surface area contributed by atoms with Crippen LogP contribution in [0.2, 0.25) is 0 Å². The fourth-order valence-electron chi connectivity index (χ4n) is 6.94. The Morgan fingerprint density at radius 3 is 2.70 bits per heavy atom. The number of aromatic nitrogens is 3. The lowest BCUT2D eigenvalue weighted by molar-refractivity contribution is -0.162. The SMILES string of the molecule is C=CCOC(=O)[C@@H]1[C@H]2C(=O)N([C@@H](CO)C(C)C)C(C(=O)N(CC=C)Cn3nnc4ccccc43)C23CC[C@@]1(C)O3. The minimum absolute atomic E-state index is 0.00955. The van der Waals surface area contributed by atoms with Crippen LogP contribution in [0, 0.1) is 17.8 Å². The van der Waals surface area contributed by atoms with Crippen molar-refractivity contribution in [2.75, 3.05) is 19.8 Å². The number of nitrogens with zero attached hydrogens (tertiary/aromatic N) is 5. The Balaban J connectivity index is 1.58. The van der Waals surface area contributed by atoms with Gasteiger partial charge in [0.1, 0.15) is 36.4 Å². The Morgan fingerprint density at radius 2 is 2.02 bits per heavy atom. The molecule has 214 valence electrons. The molecule has 2 aromatic rings. The van der Waals surface area contributed by atoms with Gasteiger partial charge in [-0.3, -0.25) is 14.4 Å². The van der Waals surface area contributed by atoms with E-state index in [4.69, 9.17) is 9.47 Å². The molecule has 0 radical (unpaired) electrons. The van der Waals surface area contributed by atoms with Crippen LogP contribution >= 0.6 is 0 Å². The van der Waals surface area contributed by atoms with Crippen molar-refractivity contribution in [3.8, 4) is 0 Å². The summed E-state index contributed by atoms with van der Waals surface area (Å²) in [6, 6.07) is 5.73. The van der Waals surface area contributed by atoms with Crippen molar-refractivity contribution in [1.82, 2.24) is 24.8 Å². The molecule has 5 rings (SSSR count). The molecule has 1 spiro atoms. The van der Waals surface area contributed by atoms with Crippen LogP contribution in [0.4, 0.5) is 0 Å². The number of rotatable bonds is 11. The average molecular weight is 552 g/mol. The van der Waals surface area contributed by atoms with E-state index in [2.05, 4.69) is 23.5 Å². The molecule has 3 saturated heterocycles. The minimum Gasteiger partial charge on any atom is -0.461 e. The number of hydrogen-bond donors (Lipinski definition) is 1. The van der Waals surface area contributed by atoms with Gasteiger partial charge in [-0.05, 0) is 37.8 Å². The molecule has 40 heavy (non-hydrogen) atoms. The molecule has 11 nitrogen and oxygen atoms in total. The molecule has 1 N–H and O–H groups in total. The molecule has 6 atom stereocenters. The number of likely N-dealkylation sites (tertiary alicyclic amines) is 1. The molecule has 1 aromatic heterocycles. The predicted molar refractivity (Wildman–Crippen MR) is 145 cm³/mol. The Kier molecular flexibility index (Phi) is 7.30. The van der Waals surface area contributed by atoms with Gasteiger partial charge in [0, 0.05) is 6.54 Å². The largest absolute Gasteiger partial charge is 0.461 e. The molecule has 4 heterocycles. The first-order valence-corrected chi connectivity index (χ1v) is 13.7. The highest BCUT2D eigenvalue weighted by Crippen LogP contribution is 2.64. The summed E-state index contributed by atoms with van der Waals surface area (Å²) in [5.41, 5.74) is -0.754. The first-order chi connectivity index (χ1) is 19.1. The molecule has 2 amide bonds.